The van der Waals surface area contributed by atoms with Crippen molar-refractivity contribution in [3.8, 4) is 28.4 Å². The smallest absolute Gasteiger partial charge is 0.247 e. The molecule has 1 heterocycles. The molecule has 1 amide bonds. The summed E-state index contributed by atoms with van der Waals surface area (Å²) in [5, 5.41) is 3.54. The maximum absolute atomic E-state index is 12.2. The highest BCUT2D eigenvalue weighted by atomic mass is 35.5. The van der Waals surface area contributed by atoms with Crippen LogP contribution in [-0.4, -0.2) is 32.8 Å². The van der Waals surface area contributed by atoms with E-state index in [9.17, 15) is 4.79 Å². The first kappa shape index (κ1) is 19.6. The molecule has 0 fully saturated rings. The van der Waals surface area contributed by atoms with Crippen LogP contribution in [0.4, 0.5) is 0 Å². The summed E-state index contributed by atoms with van der Waals surface area (Å²) in [7, 11) is 3.28. The van der Waals surface area contributed by atoms with Gasteiger partial charge in [-0.1, -0.05) is 17.7 Å². The van der Waals surface area contributed by atoms with Crippen molar-refractivity contribution in [1.29, 1.82) is 0 Å². The summed E-state index contributed by atoms with van der Waals surface area (Å²) >= 11 is 6.53. The zero-order valence-corrected chi connectivity index (χ0v) is 17.3. The predicted molar refractivity (Wildman–Crippen MR) is 113 cm³/mol. The monoisotopic (exact) mass is 413 g/mol. The van der Waals surface area contributed by atoms with E-state index >= 15 is 0 Å². The van der Waals surface area contributed by atoms with Crippen molar-refractivity contribution in [2.75, 3.05) is 20.8 Å². The molecule has 2 aromatic rings. The summed E-state index contributed by atoms with van der Waals surface area (Å²) in [4.78, 5) is 12.2. The number of allylic oxidation sites excluding steroid dienone is 1. The van der Waals surface area contributed by atoms with E-state index < -0.39 is 0 Å². The lowest BCUT2D eigenvalue weighted by Crippen LogP contribution is -2.35. The molecule has 1 aliphatic carbocycles. The van der Waals surface area contributed by atoms with Crippen molar-refractivity contribution in [3.63, 3.8) is 0 Å². The third kappa shape index (κ3) is 4.06. The van der Waals surface area contributed by atoms with Gasteiger partial charge in [-0.05, 0) is 55.2 Å². The second-order valence-corrected chi connectivity index (χ2v) is 7.70. The Morgan fingerprint density at radius 3 is 2.83 bits per heavy atom. The molecule has 29 heavy (non-hydrogen) atoms. The molecule has 6 heteroatoms. The van der Waals surface area contributed by atoms with Gasteiger partial charge in [-0.25, -0.2) is 0 Å². The number of methoxy groups -OCH3 is 2. The Bertz CT molecular complexity index is 970. The average Bonchev–Trinajstić information content (AvgIpc) is 3.41. The Kier molecular flexibility index (Phi) is 5.67. The van der Waals surface area contributed by atoms with Crippen molar-refractivity contribution in [2.45, 2.75) is 31.8 Å². The van der Waals surface area contributed by atoms with Crippen LogP contribution in [0.5, 0.6) is 17.2 Å². The van der Waals surface area contributed by atoms with Gasteiger partial charge >= 0.3 is 0 Å². The summed E-state index contributed by atoms with van der Waals surface area (Å²) in [6.07, 6.45) is 5.48. The van der Waals surface area contributed by atoms with Gasteiger partial charge in [0.2, 0.25) is 5.91 Å². The molecular formula is C23H24ClNO4. The summed E-state index contributed by atoms with van der Waals surface area (Å²) in [5.41, 5.74) is 3.75. The van der Waals surface area contributed by atoms with Gasteiger partial charge < -0.3 is 19.5 Å². The Balaban J connectivity index is 1.52. The number of hydrogen-bond donors (Lipinski definition) is 1. The first-order valence-electron chi connectivity index (χ1n) is 9.77. The van der Waals surface area contributed by atoms with Crippen LogP contribution in [0.15, 0.2) is 42.0 Å². The molecule has 2 aliphatic rings. The van der Waals surface area contributed by atoms with Crippen LogP contribution in [0.2, 0.25) is 5.02 Å². The second kappa shape index (κ2) is 8.37. The highest BCUT2D eigenvalue weighted by molar-refractivity contribution is 6.32. The minimum atomic E-state index is -0.129. The van der Waals surface area contributed by atoms with Crippen LogP contribution in [0.25, 0.3) is 11.1 Å². The fraction of sp³-hybridized carbons (Fsp3) is 0.348. The number of amides is 1. The van der Waals surface area contributed by atoms with Gasteiger partial charge in [-0.15, -0.1) is 0 Å². The number of halogens is 1. The van der Waals surface area contributed by atoms with Crippen molar-refractivity contribution >= 4 is 17.5 Å². The Morgan fingerprint density at radius 2 is 2.10 bits per heavy atom. The molecule has 152 valence electrons. The zero-order valence-electron chi connectivity index (χ0n) is 16.6. The molecule has 0 radical (unpaired) electrons. The fourth-order valence-electron chi connectivity index (χ4n) is 3.89. The Hall–Kier alpha value is -2.66. The first-order chi connectivity index (χ1) is 14.1. The molecule has 0 spiro atoms. The third-order valence-corrected chi connectivity index (χ3v) is 5.67. The van der Waals surface area contributed by atoms with Crippen LogP contribution >= 0.6 is 11.6 Å². The topological polar surface area (TPSA) is 56.8 Å². The summed E-state index contributed by atoms with van der Waals surface area (Å²) in [5.74, 6) is 2.19. The molecule has 4 rings (SSSR count). The minimum Gasteiger partial charge on any atom is -0.497 e. The summed E-state index contributed by atoms with van der Waals surface area (Å²) in [6, 6.07) is 9.61. The van der Waals surface area contributed by atoms with Gasteiger partial charge in [0.25, 0.3) is 0 Å². The van der Waals surface area contributed by atoms with Crippen molar-refractivity contribution in [1.82, 2.24) is 5.32 Å². The first-order valence-corrected chi connectivity index (χ1v) is 10.2. The number of benzene rings is 2. The van der Waals surface area contributed by atoms with E-state index in [1.54, 1.807) is 14.2 Å². The highest BCUT2D eigenvalue weighted by Crippen LogP contribution is 2.42. The predicted octanol–water partition coefficient (Wildman–Crippen LogP) is 4.55. The number of nitrogens with one attached hydrogen (secondary N) is 1. The normalized spacial score (nSPS) is 17.3. The summed E-state index contributed by atoms with van der Waals surface area (Å²) < 4.78 is 16.9. The molecule has 1 aliphatic heterocycles. The van der Waals surface area contributed by atoms with Crippen LogP contribution in [0.3, 0.4) is 0 Å². The Labute approximate surface area is 175 Å². The molecule has 1 unspecified atom stereocenters. The number of fused-ring (bicyclic) bond motifs is 1. The molecule has 5 nitrogen and oxygen atoms in total. The lowest BCUT2D eigenvalue weighted by atomic mass is 9.99. The van der Waals surface area contributed by atoms with E-state index in [4.69, 9.17) is 25.8 Å². The van der Waals surface area contributed by atoms with Crippen LogP contribution < -0.4 is 19.5 Å². The van der Waals surface area contributed by atoms with Crippen molar-refractivity contribution in [2.24, 2.45) is 0 Å². The van der Waals surface area contributed by atoms with Crippen LogP contribution in [0, 0.1) is 0 Å². The SMILES string of the molecule is COc1ccc(OC)c(-c2cc(Cl)c3c(c2)CC(CNC(=O)C2=CCCC2)O3)c1. The van der Waals surface area contributed by atoms with E-state index in [-0.39, 0.29) is 12.0 Å². The Morgan fingerprint density at radius 1 is 1.24 bits per heavy atom. The number of rotatable bonds is 6. The van der Waals surface area contributed by atoms with Gasteiger partial charge in [0.15, 0.2) is 0 Å². The molecule has 0 aromatic heterocycles. The maximum atomic E-state index is 12.2. The molecule has 0 saturated heterocycles. The quantitative estimate of drug-likeness (QED) is 0.754. The standard InChI is InChI=1S/C23H24ClNO4/c1-27-17-7-8-21(28-2)19(12-17)15-9-16-10-18(29-22(16)20(24)11-15)13-25-23(26)14-5-3-4-6-14/h5,7-9,11-12,18H,3-4,6,10,13H2,1-2H3,(H,25,26). The van der Waals surface area contributed by atoms with Gasteiger partial charge in [0.05, 0.1) is 25.8 Å². The van der Waals surface area contributed by atoms with E-state index in [2.05, 4.69) is 11.4 Å². The molecule has 0 saturated carbocycles. The lowest BCUT2D eigenvalue weighted by Gasteiger charge is -2.13. The largest absolute Gasteiger partial charge is 0.497 e. The summed E-state index contributed by atoms with van der Waals surface area (Å²) in [6.45, 7) is 0.457. The zero-order chi connectivity index (χ0) is 20.4. The number of ether oxygens (including phenoxy) is 3. The second-order valence-electron chi connectivity index (χ2n) is 7.29. The van der Waals surface area contributed by atoms with Crippen molar-refractivity contribution < 1.29 is 19.0 Å². The number of hydrogen-bond acceptors (Lipinski definition) is 4. The van der Waals surface area contributed by atoms with Crippen LogP contribution in [-0.2, 0) is 11.2 Å². The highest BCUT2D eigenvalue weighted by Gasteiger charge is 2.27. The lowest BCUT2D eigenvalue weighted by molar-refractivity contribution is -0.117. The van der Waals surface area contributed by atoms with E-state index in [1.165, 1.54) is 0 Å². The molecule has 1 atom stereocenters. The van der Waals surface area contributed by atoms with E-state index in [0.717, 1.165) is 53.0 Å². The minimum absolute atomic E-state index is 0.00922. The van der Waals surface area contributed by atoms with E-state index in [0.29, 0.717) is 23.7 Å². The van der Waals surface area contributed by atoms with E-state index in [1.807, 2.05) is 30.3 Å². The van der Waals surface area contributed by atoms with Gasteiger partial charge in [0, 0.05) is 23.1 Å². The molecule has 0 bridgehead atoms. The van der Waals surface area contributed by atoms with Crippen molar-refractivity contribution in [3.05, 3.63) is 52.6 Å². The fourth-order valence-corrected chi connectivity index (χ4v) is 4.18. The van der Waals surface area contributed by atoms with Gasteiger partial charge in [-0.3, -0.25) is 4.79 Å². The third-order valence-electron chi connectivity index (χ3n) is 5.39. The maximum Gasteiger partial charge on any atom is 0.247 e. The molecule has 1 N–H and O–H groups in total. The van der Waals surface area contributed by atoms with Gasteiger partial charge in [0.1, 0.15) is 23.4 Å². The molecule has 2 aromatic carbocycles. The van der Waals surface area contributed by atoms with Crippen LogP contribution in [0.1, 0.15) is 24.8 Å². The molecular weight excluding hydrogens is 390 g/mol. The number of carbonyl (C=O) groups excluding carboxylic acids is 1. The van der Waals surface area contributed by atoms with Gasteiger partial charge in [-0.2, -0.15) is 0 Å². The number of carbonyl (C=O) groups is 1. The average molecular weight is 414 g/mol.